The van der Waals surface area contributed by atoms with Crippen molar-refractivity contribution in [3.8, 4) is 5.75 Å². The Morgan fingerprint density at radius 1 is 0.733 bits per heavy atom. The summed E-state index contributed by atoms with van der Waals surface area (Å²) in [4.78, 5) is 2.65. The molecule has 1 saturated heterocycles. The molecule has 30 heavy (non-hydrogen) atoms. The molecule has 0 radical (unpaired) electrons. The Morgan fingerprint density at radius 2 is 1.33 bits per heavy atom. The monoisotopic (exact) mass is 429 g/mol. The minimum atomic E-state index is 0. The Kier molecular flexibility index (Phi) is 10.7. The summed E-state index contributed by atoms with van der Waals surface area (Å²) in [6.07, 6.45) is 10.7. The van der Waals surface area contributed by atoms with E-state index in [1.54, 1.807) is 0 Å². The maximum Gasteiger partial charge on any atom is 0.119 e. The van der Waals surface area contributed by atoms with E-state index in [-0.39, 0.29) is 17.8 Å². The molecular formula is C27H40ClNO. The Hall–Kier alpha value is -1.51. The first-order valence-electron chi connectivity index (χ1n) is 11.7. The highest BCUT2D eigenvalue weighted by Gasteiger charge is 2.22. The Labute approximate surface area is 190 Å². The third-order valence-electron chi connectivity index (χ3n) is 6.41. The molecule has 2 aromatic carbocycles. The van der Waals surface area contributed by atoms with Crippen LogP contribution in [0.5, 0.6) is 5.75 Å². The van der Waals surface area contributed by atoms with Crippen molar-refractivity contribution in [2.75, 3.05) is 26.2 Å². The van der Waals surface area contributed by atoms with E-state index >= 15 is 0 Å². The first-order valence-corrected chi connectivity index (χ1v) is 11.7. The average molecular weight is 430 g/mol. The van der Waals surface area contributed by atoms with Crippen LogP contribution in [0, 0.1) is 0 Å². The zero-order chi connectivity index (χ0) is 20.4. The van der Waals surface area contributed by atoms with Crippen molar-refractivity contribution in [2.45, 2.75) is 70.6 Å². The van der Waals surface area contributed by atoms with Crippen molar-refractivity contribution in [1.82, 2.24) is 4.90 Å². The molecule has 3 rings (SSSR count). The van der Waals surface area contributed by atoms with Crippen LogP contribution < -0.4 is 4.74 Å². The Morgan fingerprint density at radius 3 is 2.03 bits per heavy atom. The fourth-order valence-electron chi connectivity index (χ4n) is 4.33. The van der Waals surface area contributed by atoms with E-state index in [1.807, 2.05) is 0 Å². The maximum atomic E-state index is 5.97. The van der Waals surface area contributed by atoms with E-state index in [0.717, 1.165) is 18.8 Å². The van der Waals surface area contributed by atoms with Gasteiger partial charge in [-0.05, 0) is 68.6 Å². The van der Waals surface area contributed by atoms with Crippen molar-refractivity contribution in [3.63, 3.8) is 0 Å². The van der Waals surface area contributed by atoms with Gasteiger partial charge in [-0.2, -0.15) is 0 Å². The summed E-state index contributed by atoms with van der Waals surface area (Å²) >= 11 is 0. The van der Waals surface area contributed by atoms with Crippen molar-refractivity contribution in [1.29, 1.82) is 0 Å². The fourth-order valence-corrected chi connectivity index (χ4v) is 4.33. The Bertz CT molecular complexity index is 693. The zero-order valence-electron chi connectivity index (χ0n) is 18.9. The van der Waals surface area contributed by atoms with Gasteiger partial charge in [0.05, 0.1) is 6.61 Å². The lowest BCUT2D eigenvalue weighted by Crippen LogP contribution is -2.30. The second kappa shape index (κ2) is 13.0. The van der Waals surface area contributed by atoms with E-state index in [1.165, 1.54) is 75.7 Å². The average Bonchev–Trinajstić information content (AvgIpc) is 2.77. The third kappa shape index (κ3) is 7.63. The van der Waals surface area contributed by atoms with Crippen LogP contribution in [-0.4, -0.2) is 31.1 Å². The predicted octanol–water partition coefficient (Wildman–Crippen LogP) is 7.25. The van der Waals surface area contributed by atoms with Crippen LogP contribution in [0.15, 0.2) is 54.6 Å². The normalized spacial score (nSPS) is 14.9. The number of benzene rings is 2. The van der Waals surface area contributed by atoms with Crippen LogP contribution >= 0.6 is 12.4 Å². The topological polar surface area (TPSA) is 12.5 Å². The van der Waals surface area contributed by atoms with E-state index in [2.05, 4.69) is 73.3 Å². The van der Waals surface area contributed by atoms with Gasteiger partial charge in [0.1, 0.15) is 5.75 Å². The highest BCUT2D eigenvalue weighted by atomic mass is 35.5. The van der Waals surface area contributed by atoms with Crippen molar-refractivity contribution >= 4 is 12.4 Å². The summed E-state index contributed by atoms with van der Waals surface area (Å²) in [5, 5.41) is 0. The van der Waals surface area contributed by atoms with Gasteiger partial charge in [-0.3, -0.25) is 0 Å². The van der Waals surface area contributed by atoms with Gasteiger partial charge in [0, 0.05) is 5.41 Å². The summed E-state index contributed by atoms with van der Waals surface area (Å²) in [5.41, 5.74) is 2.67. The summed E-state index contributed by atoms with van der Waals surface area (Å²) in [5.74, 6) is 0.989. The zero-order valence-corrected chi connectivity index (χ0v) is 19.8. The van der Waals surface area contributed by atoms with Gasteiger partial charge >= 0.3 is 0 Å². The minimum absolute atomic E-state index is 0. The lowest BCUT2D eigenvalue weighted by molar-refractivity contribution is 0.223. The van der Waals surface area contributed by atoms with Gasteiger partial charge in [-0.1, -0.05) is 82.0 Å². The molecule has 0 saturated carbocycles. The number of halogens is 1. The highest BCUT2D eigenvalue weighted by molar-refractivity contribution is 5.85. The van der Waals surface area contributed by atoms with E-state index < -0.39 is 0 Å². The minimum Gasteiger partial charge on any atom is -0.494 e. The first-order chi connectivity index (χ1) is 14.2. The van der Waals surface area contributed by atoms with Crippen LogP contribution in [0.2, 0.25) is 0 Å². The molecule has 0 atom stereocenters. The van der Waals surface area contributed by atoms with Gasteiger partial charge in [0.25, 0.3) is 0 Å². The molecule has 0 aliphatic carbocycles. The molecule has 1 aliphatic rings. The molecule has 1 aliphatic heterocycles. The van der Waals surface area contributed by atoms with Crippen LogP contribution in [0.1, 0.15) is 76.3 Å². The summed E-state index contributed by atoms with van der Waals surface area (Å²) in [6.45, 7) is 9.35. The van der Waals surface area contributed by atoms with Gasteiger partial charge in [0.2, 0.25) is 0 Å². The standard InChI is InChI=1S/C27H39NO.ClH/c1-27(2,24-14-8-6-9-15-24)25-16-18-26(19-17-25)29-23-13-5-3-4-10-20-28-21-11-7-12-22-28;/h6,8-9,14-19H,3-5,7,10-13,20-23H2,1-2H3;1H. The number of rotatable bonds is 11. The van der Waals surface area contributed by atoms with Gasteiger partial charge in [-0.15, -0.1) is 12.4 Å². The molecule has 0 unspecified atom stereocenters. The van der Waals surface area contributed by atoms with E-state index in [0.29, 0.717) is 0 Å². The highest BCUT2D eigenvalue weighted by Crippen LogP contribution is 2.32. The van der Waals surface area contributed by atoms with Crippen LogP contribution in [0.25, 0.3) is 0 Å². The molecule has 0 N–H and O–H groups in total. The van der Waals surface area contributed by atoms with Crippen molar-refractivity contribution in [3.05, 3.63) is 65.7 Å². The van der Waals surface area contributed by atoms with Crippen molar-refractivity contribution < 1.29 is 4.74 Å². The van der Waals surface area contributed by atoms with Crippen LogP contribution in [0.3, 0.4) is 0 Å². The van der Waals surface area contributed by atoms with Crippen molar-refractivity contribution in [2.24, 2.45) is 0 Å². The molecule has 0 aromatic heterocycles. The molecule has 166 valence electrons. The predicted molar refractivity (Wildman–Crippen MR) is 131 cm³/mol. The third-order valence-corrected chi connectivity index (χ3v) is 6.41. The molecular weight excluding hydrogens is 390 g/mol. The lowest BCUT2D eigenvalue weighted by atomic mass is 9.78. The molecule has 2 nitrogen and oxygen atoms in total. The fraction of sp³-hybridized carbons (Fsp3) is 0.556. The van der Waals surface area contributed by atoms with Gasteiger partial charge in [-0.25, -0.2) is 0 Å². The molecule has 1 fully saturated rings. The number of likely N-dealkylation sites (tertiary alicyclic amines) is 1. The maximum absolute atomic E-state index is 5.97. The Balaban J connectivity index is 0.00000320. The molecule has 0 bridgehead atoms. The van der Waals surface area contributed by atoms with E-state index in [9.17, 15) is 0 Å². The second-order valence-electron chi connectivity index (χ2n) is 9.03. The van der Waals surface area contributed by atoms with E-state index in [4.69, 9.17) is 4.74 Å². The number of unbranched alkanes of at least 4 members (excludes halogenated alkanes) is 4. The molecule has 0 amide bonds. The van der Waals surface area contributed by atoms with Gasteiger partial charge < -0.3 is 9.64 Å². The summed E-state index contributed by atoms with van der Waals surface area (Å²) < 4.78 is 5.97. The number of ether oxygens (including phenoxy) is 1. The summed E-state index contributed by atoms with van der Waals surface area (Å²) in [6, 6.07) is 19.4. The number of hydrogen-bond donors (Lipinski definition) is 0. The SMILES string of the molecule is CC(C)(c1ccccc1)c1ccc(OCCCCCCCN2CCCCC2)cc1.Cl. The lowest BCUT2D eigenvalue weighted by Gasteiger charge is -2.26. The molecule has 2 aromatic rings. The van der Waals surface area contributed by atoms with Crippen LogP contribution in [0.4, 0.5) is 0 Å². The van der Waals surface area contributed by atoms with Crippen LogP contribution in [-0.2, 0) is 5.41 Å². The second-order valence-corrected chi connectivity index (χ2v) is 9.03. The molecule has 1 heterocycles. The number of nitrogens with zero attached hydrogens (tertiary/aromatic N) is 1. The first kappa shape index (κ1) is 24.8. The number of hydrogen-bond acceptors (Lipinski definition) is 2. The number of piperidine rings is 1. The smallest absolute Gasteiger partial charge is 0.119 e. The molecule has 0 spiro atoms. The quantitative estimate of drug-likeness (QED) is 0.349. The van der Waals surface area contributed by atoms with Gasteiger partial charge in [0.15, 0.2) is 0 Å². The largest absolute Gasteiger partial charge is 0.494 e. The summed E-state index contributed by atoms with van der Waals surface area (Å²) in [7, 11) is 0. The molecule has 3 heteroatoms.